The summed E-state index contributed by atoms with van der Waals surface area (Å²) >= 11 is 1.53. The Kier molecular flexibility index (Phi) is 4.62. The predicted octanol–water partition coefficient (Wildman–Crippen LogP) is 2.85. The van der Waals surface area contributed by atoms with Gasteiger partial charge in [0.25, 0.3) is 5.91 Å². The number of rotatable bonds is 2. The van der Waals surface area contributed by atoms with Gasteiger partial charge in [0.05, 0.1) is 17.0 Å². The van der Waals surface area contributed by atoms with Gasteiger partial charge in [-0.15, -0.1) is 11.3 Å². The second-order valence-electron chi connectivity index (χ2n) is 5.96. The van der Waals surface area contributed by atoms with Crippen molar-refractivity contribution in [3.05, 3.63) is 21.9 Å². The van der Waals surface area contributed by atoms with Crippen molar-refractivity contribution in [2.75, 3.05) is 13.1 Å². The van der Waals surface area contributed by atoms with Crippen LogP contribution in [0.5, 0.6) is 0 Å². The number of nitrogens with two attached hydrogens (primary N) is 1. The lowest BCUT2D eigenvalue weighted by molar-refractivity contribution is 0.0689. The van der Waals surface area contributed by atoms with Crippen LogP contribution in [0, 0.1) is 17.8 Å². The molecule has 21 heavy (non-hydrogen) atoms. The maximum Gasteiger partial charge on any atom is 0.255 e. The van der Waals surface area contributed by atoms with E-state index in [1.807, 2.05) is 11.4 Å². The minimum absolute atomic E-state index is 0.196. The van der Waals surface area contributed by atoms with E-state index in [2.05, 4.69) is 16.7 Å². The summed E-state index contributed by atoms with van der Waals surface area (Å²) < 4.78 is 0. The first-order valence-electron chi connectivity index (χ1n) is 7.88. The summed E-state index contributed by atoms with van der Waals surface area (Å²) in [7, 11) is 0. The van der Waals surface area contributed by atoms with E-state index in [9.17, 15) is 4.79 Å². The van der Waals surface area contributed by atoms with Crippen LogP contribution < -0.4 is 5.73 Å². The first-order chi connectivity index (χ1) is 10.3. The zero-order chi connectivity index (χ0) is 14.7. The third kappa shape index (κ3) is 3.14. The molecule has 1 saturated heterocycles. The molecule has 2 fully saturated rings. The second kappa shape index (κ2) is 6.64. The van der Waals surface area contributed by atoms with E-state index in [4.69, 9.17) is 5.73 Å². The highest BCUT2D eigenvalue weighted by molar-refractivity contribution is 7.10. The Morgan fingerprint density at radius 1 is 1.33 bits per heavy atom. The number of hydrogen-bond acceptors (Lipinski definition) is 3. The van der Waals surface area contributed by atoms with Crippen molar-refractivity contribution in [1.82, 2.24) is 4.90 Å². The van der Waals surface area contributed by atoms with Crippen LogP contribution in [0.4, 0.5) is 0 Å². The summed E-state index contributed by atoms with van der Waals surface area (Å²) in [6.07, 6.45) is 7.59. The summed E-state index contributed by atoms with van der Waals surface area (Å²) in [5, 5.41) is 1.94. The van der Waals surface area contributed by atoms with Gasteiger partial charge in [-0.2, -0.15) is 0 Å². The van der Waals surface area contributed by atoms with Gasteiger partial charge in [0.1, 0.15) is 0 Å². The second-order valence-corrected chi connectivity index (χ2v) is 6.87. The quantitative estimate of drug-likeness (QED) is 0.854. The molecule has 1 aliphatic heterocycles. The van der Waals surface area contributed by atoms with Gasteiger partial charge in [-0.05, 0) is 37.7 Å². The molecule has 1 amide bonds. The third-order valence-electron chi connectivity index (χ3n) is 4.66. The van der Waals surface area contributed by atoms with Crippen molar-refractivity contribution >= 4 is 17.2 Å². The van der Waals surface area contributed by atoms with E-state index < -0.39 is 0 Å². The molecule has 3 rings (SSSR count). The van der Waals surface area contributed by atoms with Gasteiger partial charge in [-0.25, -0.2) is 0 Å². The molecule has 1 aromatic heterocycles. The molecular formula is C17H22N2OS. The Labute approximate surface area is 130 Å². The number of thiophene rings is 1. The SMILES string of the molecule is NCC#Cc1cc(C(=O)N2CCCC2C2CCCC2)cs1. The third-order valence-corrected chi connectivity index (χ3v) is 5.51. The van der Waals surface area contributed by atoms with E-state index in [0.717, 1.165) is 29.3 Å². The van der Waals surface area contributed by atoms with Crippen LogP contribution in [0.25, 0.3) is 0 Å². The Balaban J connectivity index is 1.72. The molecular weight excluding hydrogens is 280 g/mol. The molecule has 2 aliphatic rings. The van der Waals surface area contributed by atoms with Crippen LogP contribution in [0.15, 0.2) is 11.4 Å². The van der Waals surface area contributed by atoms with Crippen molar-refractivity contribution < 1.29 is 4.79 Å². The standard InChI is InChI=1S/C17H22N2OS/c18-9-3-7-15-11-14(12-21-15)17(20)19-10-4-8-16(19)13-5-1-2-6-13/h11-13,16H,1-2,4-6,8-10,18H2. The van der Waals surface area contributed by atoms with Gasteiger partial charge < -0.3 is 10.6 Å². The Hall–Kier alpha value is -1.31. The summed E-state index contributed by atoms with van der Waals surface area (Å²) in [5.41, 5.74) is 6.18. The van der Waals surface area contributed by atoms with Crippen LogP contribution >= 0.6 is 11.3 Å². The lowest BCUT2D eigenvalue weighted by atomic mass is 9.96. The largest absolute Gasteiger partial charge is 0.335 e. The van der Waals surface area contributed by atoms with Crippen molar-refractivity contribution in [2.24, 2.45) is 11.7 Å². The summed E-state index contributed by atoms with van der Waals surface area (Å²) in [5.74, 6) is 6.78. The van der Waals surface area contributed by atoms with E-state index >= 15 is 0 Å². The van der Waals surface area contributed by atoms with Gasteiger partial charge in [0.2, 0.25) is 0 Å². The number of nitrogens with zero attached hydrogens (tertiary/aromatic N) is 1. The highest BCUT2D eigenvalue weighted by Crippen LogP contribution is 2.36. The lowest BCUT2D eigenvalue weighted by Gasteiger charge is -2.29. The highest BCUT2D eigenvalue weighted by atomic mass is 32.1. The molecule has 0 spiro atoms. The monoisotopic (exact) mass is 302 g/mol. The fourth-order valence-electron chi connectivity index (χ4n) is 3.69. The van der Waals surface area contributed by atoms with Crippen LogP contribution in [0.2, 0.25) is 0 Å². The van der Waals surface area contributed by atoms with Gasteiger partial charge in [-0.3, -0.25) is 4.79 Å². The number of amides is 1. The number of carbonyl (C=O) groups excluding carboxylic acids is 1. The van der Waals surface area contributed by atoms with Crippen molar-refractivity contribution in [3.8, 4) is 11.8 Å². The highest BCUT2D eigenvalue weighted by Gasteiger charge is 2.36. The topological polar surface area (TPSA) is 46.3 Å². The molecule has 1 aliphatic carbocycles. The normalized spacial score (nSPS) is 22.3. The first kappa shape index (κ1) is 14.6. The number of hydrogen-bond donors (Lipinski definition) is 1. The molecule has 0 bridgehead atoms. The Morgan fingerprint density at radius 2 is 2.14 bits per heavy atom. The van der Waals surface area contributed by atoms with Crippen LogP contribution in [-0.4, -0.2) is 29.9 Å². The van der Waals surface area contributed by atoms with Crippen molar-refractivity contribution in [3.63, 3.8) is 0 Å². The van der Waals surface area contributed by atoms with Crippen molar-refractivity contribution in [1.29, 1.82) is 0 Å². The molecule has 3 nitrogen and oxygen atoms in total. The van der Waals surface area contributed by atoms with Crippen LogP contribution in [0.3, 0.4) is 0 Å². The average Bonchev–Trinajstić information content (AvgIpc) is 3.23. The van der Waals surface area contributed by atoms with E-state index in [0.29, 0.717) is 12.6 Å². The van der Waals surface area contributed by atoms with Gasteiger partial charge in [0, 0.05) is 18.0 Å². The van der Waals surface area contributed by atoms with Crippen molar-refractivity contribution in [2.45, 2.75) is 44.6 Å². The number of carbonyl (C=O) groups is 1. The Morgan fingerprint density at radius 3 is 2.90 bits per heavy atom. The molecule has 1 atom stereocenters. The minimum Gasteiger partial charge on any atom is -0.335 e. The number of likely N-dealkylation sites (tertiary alicyclic amines) is 1. The fourth-order valence-corrected chi connectivity index (χ4v) is 4.44. The summed E-state index contributed by atoms with van der Waals surface area (Å²) in [6, 6.07) is 2.39. The molecule has 0 radical (unpaired) electrons. The lowest BCUT2D eigenvalue weighted by Crippen LogP contribution is -2.39. The fraction of sp³-hybridized carbons (Fsp3) is 0.588. The zero-order valence-electron chi connectivity index (χ0n) is 12.3. The van der Waals surface area contributed by atoms with E-state index in [1.165, 1.54) is 43.4 Å². The molecule has 2 heterocycles. The molecule has 0 aromatic carbocycles. The van der Waals surface area contributed by atoms with E-state index in [-0.39, 0.29) is 5.91 Å². The Bertz CT molecular complexity index is 563. The maximum atomic E-state index is 12.8. The molecule has 1 unspecified atom stereocenters. The van der Waals surface area contributed by atoms with Gasteiger partial charge in [0.15, 0.2) is 0 Å². The summed E-state index contributed by atoms with van der Waals surface area (Å²) in [6.45, 7) is 1.27. The van der Waals surface area contributed by atoms with Crippen LogP contribution in [0.1, 0.15) is 53.8 Å². The molecule has 1 aromatic rings. The maximum absolute atomic E-state index is 12.8. The smallest absolute Gasteiger partial charge is 0.255 e. The predicted molar refractivity (Wildman–Crippen MR) is 86.3 cm³/mol. The first-order valence-corrected chi connectivity index (χ1v) is 8.76. The minimum atomic E-state index is 0.196. The zero-order valence-corrected chi connectivity index (χ0v) is 13.1. The molecule has 2 N–H and O–H groups in total. The summed E-state index contributed by atoms with van der Waals surface area (Å²) in [4.78, 5) is 15.8. The van der Waals surface area contributed by atoms with Crippen LogP contribution in [-0.2, 0) is 0 Å². The molecule has 4 heteroatoms. The van der Waals surface area contributed by atoms with E-state index in [1.54, 1.807) is 0 Å². The van der Waals surface area contributed by atoms with Gasteiger partial charge in [-0.1, -0.05) is 24.7 Å². The molecule has 1 saturated carbocycles. The molecule has 112 valence electrons. The van der Waals surface area contributed by atoms with Gasteiger partial charge >= 0.3 is 0 Å². The average molecular weight is 302 g/mol.